The molecule has 0 saturated carbocycles. The van der Waals surface area contributed by atoms with Crippen molar-refractivity contribution in [2.24, 2.45) is 0 Å². The van der Waals surface area contributed by atoms with Crippen molar-refractivity contribution >= 4 is 35.1 Å². The Morgan fingerprint density at radius 1 is 1.11 bits per heavy atom. The summed E-state index contributed by atoms with van der Waals surface area (Å²) in [4.78, 5) is 21.9. The van der Waals surface area contributed by atoms with E-state index in [4.69, 9.17) is 4.74 Å². The van der Waals surface area contributed by atoms with E-state index in [1.807, 2.05) is 30.3 Å². The molecule has 0 saturated heterocycles. The van der Waals surface area contributed by atoms with Gasteiger partial charge in [0, 0.05) is 29.0 Å². The molecule has 0 aliphatic carbocycles. The molecule has 1 heterocycles. The van der Waals surface area contributed by atoms with E-state index in [-0.39, 0.29) is 17.4 Å². The first-order valence-corrected chi connectivity index (χ1v) is 9.76. The third-order valence-electron chi connectivity index (χ3n) is 3.37. The number of thioether (sulfide) groups is 1. The van der Waals surface area contributed by atoms with E-state index in [9.17, 15) is 9.18 Å². The van der Waals surface area contributed by atoms with Crippen LogP contribution in [0.1, 0.15) is 0 Å². The zero-order valence-corrected chi connectivity index (χ0v) is 16.0. The predicted octanol–water partition coefficient (Wildman–Crippen LogP) is 4.51. The number of halogens is 1. The molecule has 1 amide bonds. The Morgan fingerprint density at radius 2 is 1.85 bits per heavy atom. The smallest absolute Gasteiger partial charge is 0.234 e. The number of ether oxygens (including phenoxy) is 1. The quantitative estimate of drug-likeness (QED) is 0.588. The van der Waals surface area contributed by atoms with Gasteiger partial charge in [-0.05, 0) is 24.3 Å². The van der Waals surface area contributed by atoms with Crippen LogP contribution in [0.5, 0.6) is 5.75 Å². The number of aromatic nitrogens is 2. The van der Waals surface area contributed by atoms with Crippen molar-refractivity contribution in [2.75, 3.05) is 18.2 Å². The largest absolute Gasteiger partial charge is 0.494 e. The first-order chi connectivity index (χ1) is 13.2. The number of benzene rings is 2. The van der Waals surface area contributed by atoms with Gasteiger partial charge in [0.15, 0.2) is 11.6 Å². The van der Waals surface area contributed by atoms with Crippen LogP contribution in [0, 0.1) is 5.82 Å². The Hall–Kier alpha value is -2.58. The van der Waals surface area contributed by atoms with Gasteiger partial charge in [-0.2, -0.15) is 0 Å². The van der Waals surface area contributed by atoms with Crippen molar-refractivity contribution in [1.82, 2.24) is 9.97 Å². The standard InChI is InChI=1S/C19H16FN3O2S2/c1-25-16-8-7-13(11-15(16)20)23-17(24)12-26-18-19(22-10-9-21-18)27-14-5-3-2-4-6-14/h2-11H,12H2,1H3,(H,23,24). The summed E-state index contributed by atoms with van der Waals surface area (Å²) in [5.41, 5.74) is 0.372. The van der Waals surface area contributed by atoms with Gasteiger partial charge in [0.1, 0.15) is 10.1 Å². The topological polar surface area (TPSA) is 64.1 Å². The second kappa shape index (κ2) is 9.38. The normalized spacial score (nSPS) is 10.4. The summed E-state index contributed by atoms with van der Waals surface area (Å²) in [6, 6.07) is 14.1. The Bertz CT molecular complexity index is 926. The number of nitrogens with zero attached hydrogens (tertiary/aromatic N) is 2. The molecule has 0 atom stereocenters. The van der Waals surface area contributed by atoms with Gasteiger partial charge in [0.25, 0.3) is 0 Å². The number of methoxy groups -OCH3 is 1. The van der Waals surface area contributed by atoms with Gasteiger partial charge in [-0.3, -0.25) is 4.79 Å². The number of nitrogens with one attached hydrogen (secondary N) is 1. The lowest BCUT2D eigenvalue weighted by molar-refractivity contribution is -0.113. The van der Waals surface area contributed by atoms with Crippen LogP contribution in [-0.2, 0) is 4.79 Å². The first kappa shape index (κ1) is 19.2. The fraction of sp³-hybridized carbons (Fsp3) is 0.105. The van der Waals surface area contributed by atoms with Crippen LogP contribution in [0.3, 0.4) is 0 Å². The van der Waals surface area contributed by atoms with E-state index in [2.05, 4.69) is 15.3 Å². The Morgan fingerprint density at radius 3 is 2.56 bits per heavy atom. The van der Waals surface area contributed by atoms with Gasteiger partial charge in [-0.25, -0.2) is 14.4 Å². The summed E-state index contributed by atoms with van der Waals surface area (Å²) >= 11 is 2.77. The zero-order valence-electron chi connectivity index (χ0n) is 14.4. The highest BCUT2D eigenvalue weighted by Gasteiger charge is 2.12. The maximum atomic E-state index is 13.7. The van der Waals surface area contributed by atoms with Gasteiger partial charge in [-0.15, -0.1) is 0 Å². The number of carbonyl (C=O) groups is 1. The molecule has 0 bridgehead atoms. The zero-order chi connectivity index (χ0) is 19.1. The summed E-state index contributed by atoms with van der Waals surface area (Å²) in [6.45, 7) is 0. The molecule has 3 aromatic rings. The lowest BCUT2D eigenvalue weighted by Gasteiger charge is -2.08. The molecule has 0 unspecified atom stereocenters. The van der Waals surface area contributed by atoms with Crippen LogP contribution in [0.25, 0.3) is 0 Å². The van der Waals surface area contributed by atoms with Gasteiger partial charge < -0.3 is 10.1 Å². The number of amides is 1. The molecule has 8 heteroatoms. The minimum Gasteiger partial charge on any atom is -0.494 e. The van der Waals surface area contributed by atoms with Gasteiger partial charge in [-0.1, -0.05) is 41.7 Å². The molecule has 2 aromatic carbocycles. The molecule has 1 aromatic heterocycles. The van der Waals surface area contributed by atoms with E-state index in [1.54, 1.807) is 18.5 Å². The van der Waals surface area contributed by atoms with Crippen molar-refractivity contribution in [1.29, 1.82) is 0 Å². The van der Waals surface area contributed by atoms with Gasteiger partial charge >= 0.3 is 0 Å². The Kier molecular flexibility index (Phi) is 6.67. The van der Waals surface area contributed by atoms with Crippen LogP contribution in [-0.4, -0.2) is 28.7 Å². The van der Waals surface area contributed by atoms with Crippen LogP contribution in [0.4, 0.5) is 10.1 Å². The van der Waals surface area contributed by atoms with Crippen molar-refractivity contribution in [2.45, 2.75) is 14.9 Å². The molecule has 0 fully saturated rings. The van der Waals surface area contributed by atoms with Gasteiger partial charge in [0.05, 0.1) is 12.9 Å². The molecule has 0 radical (unpaired) electrons. The summed E-state index contributed by atoms with van der Waals surface area (Å²) < 4.78 is 18.6. The lowest BCUT2D eigenvalue weighted by atomic mass is 10.3. The Balaban J connectivity index is 1.61. The Labute approximate surface area is 164 Å². The van der Waals surface area contributed by atoms with Crippen molar-refractivity contribution < 1.29 is 13.9 Å². The average molecular weight is 401 g/mol. The maximum absolute atomic E-state index is 13.7. The highest BCUT2D eigenvalue weighted by atomic mass is 32.2. The molecule has 0 spiro atoms. The molecule has 3 rings (SSSR count). The van der Waals surface area contributed by atoms with E-state index < -0.39 is 5.82 Å². The second-order valence-electron chi connectivity index (χ2n) is 5.27. The highest BCUT2D eigenvalue weighted by Crippen LogP contribution is 2.32. The summed E-state index contributed by atoms with van der Waals surface area (Å²) in [7, 11) is 1.39. The van der Waals surface area contributed by atoms with Crippen LogP contribution in [0.15, 0.2) is 75.9 Å². The maximum Gasteiger partial charge on any atom is 0.234 e. The SMILES string of the molecule is COc1ccc(NC(=O)CSc2nccnc2Sc2ccccc2)cc1F. The minimum absolute atomic E-state index is 0.129. The summed E-state index contributed by atoms with van der Waals surface area (Å²) in [5.74, 6) is -0.525. The van der Waals surface area contributed by atoms with E-state index in [1.165, 1.54) is 42.8 Å². The molecular formula is C19H16FN3O2S2. The molecule has 0 aliphatic rings. The van der Waals surface area contributed by atoms with Crippen molar-refractivity contribution in [3.8, 4) is 5.75 Å². The number of carbonyl (C=O) groups excluding carboxylic acids is 1. The van der Waals surface area contributed by atoms with Crippen LogP contribution < -0.4 is 10.1 Å². The number of hydrogen-bond acceptors (Lipinski definition) is 6. The fourth-order valence-corrected chi connectivity index (χ4v) is 3.88. The van der Waals surface area contributed by atoms with Crippen molar-refractivity contribution in [3.05, 3.63) is 66.7 Å². The summed E-state index contributed by atoms with van der Waals surface area (Å²) in [6.07, 6.45) is 3.21. The van der Waals surface area contributed by atoms with E-state index >= 15 is 0 Å². The fourth-order valence-electron chi connectivity index (χ4n) is 2.16. The second-order valence-corrected chi connectivity index (χ2v) is 7.29. The molecular weight excluding hydrogens is 385 g/mol. The highest BCUT2D eigenvalue weighted by molar-refractivity contribution is 8.02. The lowest BCUT2D eigenvalue weighted by Crippen LogP contribution is -2.14. The van der Waals surface area contributed by atoms with Crippen molar-refractivity contribution in [3.63, 3.8) is 0 Å². The molecule has 27 heavy (non-hydrogen) atoms. The van der Waals surface area contributed by atoms with Gasteiger partial charge in [0.2, 0.25) is 5.91 Å². The monoisotopic (exact) mass is 401 g/mol. The molecule has 0 aliphatic heterocycles. The third-order valence-corrected chi connectivity index (χ3v) is 5.47. The summed E-state index contributed by atoms with van der Waals surface area (Å²) in [5, 5.41) is 4.07. The minimum atomic E-state index is -0.529. The van der Waals surface area contributed by atoms with E-state index in [0.717, 1.165) is 9.92 Å². The van der Waals surface area contributed by atoms with Crippen LogP contribution in [0.2, 0.25) is 0 Å². The predicted molar refractivity (Wildman–Crippen MR) is 105 cm³/mol. The van der Waals surface area contributed by atoms with E-state index in [0.29, 0.717) is 10.7 Å². The third kappa shape index (κ3) is 5.45. The van der Waals surface area contributed by atoms with Crippen LogP contribution >= 0.6 is 23.5 Å². The number of anilines is 1. The molecule has 5 nitrogen and oxygen atoms in total. The molecule has 138 valence electrons. The number of hydrogen-bond donors (Lipinski definition) is 1. The first-order valence-electron chi connectivity index (χ1n) is 7.96. The average Bonchev–Trinajstić information content (AvgIpc) is 2.68. The number of rotatable bonds is 7. The molecule has 1 N–H and O–H groups in total.